The topological polar surface area (TPSA) is 92.5 Å². The van der Waals surface area contributed by atoms with Crippen LogP contribution in [0.5, 0.6) is 0 Å². The third-order valence-corrected chi connectivity index (χ3v) is 6.18. The lowest BCUT2D eigenvalue weighted by Gasteiger charge is -2.27. The summed E-state index contributed by atoms with van der Waals surface area (Å²) in [6.07, 6.45) is 1.38. The van der Waals surface area contributed by atoms with E-state index in [1.165, 1.54) is 4.90 Å². The number of imide groups is 1. The highest BCUT2D eigenvalue weighted by Crippen LogP contribution is 2.30. The zero-order chi connectivity index (χ0) is 23.7. The molecule has 1 aliphatic rings. The highest BCUT2D eigenvalue weighted by atomic mass is 16.2. The van der Waals surface area contributed by atoms with E-state index in [-0.39, 0.29) is 11.8 Å². The Balaban J connectivity index is 1.21. The van der Waals surface area contributed by atoms with Crippen LogP contribution in [0.25, 0.3) is 21.9 Å². The van der Waals surface area contributed by atoms with E-state index in [4.69, 9.17) is 5.73 Å². The molecule has 0 unspecified atom stereocenters. The fourth-order valence-electron chi connectivity index (χ4n) is 4.39. The Labute approximate surface area is 197 Å². The molecule has 0 bridgehead atoms. The first-order valence-corrected chi connectivity index (χ1v) is 11.1. The van der Waals surface area contributed by atoms with Crippen LogP contribution in [0, 0.1) is 0 Å². The standard InChI is InChI=1S/C28H23N3O3/c29-25-13-10-20(16-21(25)17-32)18-8-11-22(12-9-18)30-14-3-15-31-27(33)23-6-1-4-19-5-2-7-24(26(19)23)28(31)34/h1-2,4-13,16-17,30H,3,14-15,29H2. The number of benzene rings is 4. The monoisotopic (exact) mass is 449 g/mol. The lowest BCUT2D eigenvalue weighted by molar-refractivity contribution is 0.0610. The average molecular weight is 450 g/mol. The molecule has 0 saturated heterocycles. The van der Waals surface area contributed by atoms with E-state index in [9.17, 15) is 14.4 Å². The summed E-state index contributed by atoms with van der Waals surface area (Å²) in [4.78, 5) is 38.4. The number of nitrogens with two attached hydrogens (primary N) is 1. The van der Waals surface area contributed by atoms with E-state index in [0.717, 1.165) is 33.9 Å². The van der Waals surface area contributed by atoms with Gasteiger partial charge in [-0.15, -0.1) is 0 Å². The van der Waals surface area contributed by atoms with E-state index >= 15 is 0 Å². The van der Waals surface area contributed by atoms with Crippen molar-refractivity contribution in [1.29, 1.82) is 0 Å². The summed E-state index contributed by atoms with van der Waals surface area (Å²) in [6, 6.07) is 24.4. The van der Waals surface area contributed by atoms with Gasteiger partial charge in [-0.05, 0) is 59.3 Å². The predicted octanol–water partition coefficient (Wildman–Crippen LogP) is 5.00. The van der Waals surface area contributed by atoms with Gasteiger partial charge in [0.2, 0.25) is 0 Å². The first kappa shape index (κ1) is 21.4. The first-order valence-electron chi connectivity index (χ1n) is 11.1. The number of nitrogens with zero attached hydrogens (tertiary/aromatic N) is 1. The van der Waals surface area contributed by atoms with Crippen LogP contribution in [0.2, 0.25) is 0 Å². The fourth-order valence-corrected chi connectivity index (χ4v) is 4.39. The van der Waals surface area contributed by atoms with Gasteiger partial charge in [-0.1, -0.05) is 42.5 Å². The zero-order valence-electron chi connectivity index (χ0n) is 18.5. The number of hydrogen-bond donors (Lipinski definition) is 2. The molecule has 6 nitrogen and oxygen atoms in total. The van der Waals surface area contributed by atoms with Crippen LogP contribution in [0.3, 0.4) is 0 Å². The van der Waals surface area contributed by atoms with Crippen molar-refractivity contribution in [3.8, 4) is 11.1 Å². The molecule has 168 valence electrons. The number of nitrogen functional groups attached to an aromatic ring is 1. The summed E-state index contributed by atoms with van der Waals surface area (Å²) in [5.74, 6) is -0.478. The maximum atomic E-state index is 13.0. The second-order valence-electron chi connectivity index (χ2n) is 8.29. The van der Waals surface area contributed by atoms with Gasteiger partial charge in [0.25, 0.3) is 11.8 Å². The Morgan fingerprint density at radius 3 is 2.12 bits per heavy atom. The van der Waals surface area contributed by atoms with Crippen molar-refractivity contribution in [1.82, 2.24) is 4.90 Å². The summed E-state index contributed by atoms with van der Waals surface area (Å²) in [6.45, 7) is 0.951. The third kappa shape index (κ3) is 3.79. The summed E-state index contributed by atoms with van der Waals surface area (Å²) in [5.41, 5.74) is 10.7. The number of rotatable bonds is 7. The quantitative estimate of drug-likeness (QED) is 0.179. The van der Waals surface area contributed by atoms with Crippen molar-refractivity contribution >= 4 is 40.2 Å². The largest absolute Gasteiger partial charge is 0.398 e. The van der Waals surface area contributed by atoms with Crippen LogP contribution in [-0.2, 0) is 0 Å². The molecule has 0 radical (unpaired) electrons. The molecule has 0 spiro atoms. The summed E-state index contributed by atoms with van der Waals surface area (Å²) >= 11 is 0. The Morgan fingerprint density at radius 2 is 1.47 bits per heavy atom. The molecule has 0 fully saturated rings. The van der Waals surface area contributed by atoms with Crippen LogP contribution in [0.1, 0.15) is 37.5 Å². The van der Waals surface area contributed by atoms with Crippen molar-refractivity contribution in [3.63, 3.8) is 0 Å². The van der Waals surface area contributed by atoms with E-state index in [0.29, 0.717) is 41.9 Å². The second-order valence-corrected chi connectivity index (χ2v) is 8.29. The first-order chi connectivity index (χ1) is 16.6. The molecule has 1 heterocycles. The molecule has 0 atom stereocenters. The molecule has 0 saturated carbocycles. The van der Waals surface area contributed by atoms with Crippen LogP contribution in [0.4, 0.5) is 11.4 Å². The van der Waals surface area contributed by atoms with Gasteiger partial charge in [-0.2, -0.15) is 0 Å². The highest BCUT2D eigenvalue weighted by Gasteiger charge is 2.32. The van der Waals surface area contributed by atoms with Gasteiger partial charge in [0, 0.05) is 46.5 Å². The van der Waals surface area contributed by atoms with E-state index in [1.54, 1.807) is 24.3 Å². The molecule has 6 heteroatoms. The Kier molecular flexibility index (Phi) is 5.55. The van der Waals surface area contributed by atoms with Gasteiger partial charge in [-0.25, -0.2) is 0 Å². The lowest BCUT2D eigenvalue weighted by atomic mass is 9.94. The molecule has 4 aromatic carbocycles. The van der Waals surface area contributed by atoms with Crippen molar-refractivity contribution in [2.75, 3.05) is 24.1 Å². The van der Waals surface area contributed by atoms with Gasteiger partial charge in [0.15, 0.2) is 6.29 Å². The summed E-state index contributed by atoms with van der Waals surface area (Å²) < 4.78 is 0. The maximum Gasteiger partial charge on any atom is 0.261 e. The minimum atomic E-state index is -0.239. The SMILES string of the molecule is Nc1ccc(-c2ccc(NCCCN3C(=O)c4cccc5cccc(c45)C3=O)cc2)cc1C=O. The van der Waals surface area contributed by atoms with Crippen LogP contribution in [0.15, 0.2) is 78.9 Å². The molecule has 5 rings (SSSR count). The number of amides is 2. The smallest absolute Gasteiger partial charge is 0.261 e. The second kappa shape index (κ2) is 8.83. The number of carbonyl (C=O) groups excluding carboxylic acids is 3. The number of anilines is 2. The number of aldehydes is 1. The molecule has 1 aliphatic heterocycles. The van der Waals surface area contributed by atoms with E-state index < -0.39 is 0 Å². The molecule has 0 aromatic heterocycles. The van der Waals surface area contributed by atoms with Crippen LogP contribution in [-0.4, -0.2) is 36.1 Å². The van der Waals surface area contributed by atoms with Gasteiger partial charge < -0.3 is 11.1 Å². The molecule has 0 aliphatic carbocycles. The molecular formula is C28H23N3O3. The van der Waals surface area contributed by atoms with E-state index in [2.05, 4.69) is 5.32 Å². The van der Waals surface area contributed by atoms with Crippen molar-refractivity contribution < 1.29 is 14.4 Å². The molecular weight excluding hydrogens is 426 g/mol. The predicted molar refractivity (Wildman–Crippen MR) is 134 cm³/mol. The number of nitrogens with one attached hydrogen (secondary N) is 1. The van der Waals surface area contributed by atoms with E-state index in [1.807, 2.05) is 54.6 Å². The minimum Gasteiger partial charge on any atom is -0.398 e. The number of carbonyl (C=O) groups is 3. The van der Waals surface area contributed by atoms with Crippen molar-refractivity contribution in [2.24, 2.45) is 0 Å². The van der Waals surface area contributed by atoms with Crippen molar-refractivity contribution in [2.45, 2.75) is 6.42 Å². The Hall–Kier alpha value is -4.45. The highest BCUT2D eigenvalue weighted by molar-refractivity contribution is 6.25. The number of hydrogen-bond acceptors (Lipinski definition) is 5. The molecule has 34 heavy (non-hydrogen) atoms. The summed E-state index contributed by atoms with van der Waals surface area (Å²) in [5, 5.41) is 4.99. The van der Waals surface area contributed by atoms with Gasteiger partial charge in [0.1, 0.15) is 0 Å². The van der Waals surface area contributed by atoms with Gasteiger partial charge >= 0.3 is 0 Å². The summed E-state index contributed by atoms with van der Waals surface area (Å²) in [7, 11) is 0. The maximum absolute atomic E-state index is 13.0. The Bertz CT molecular complexity index is 1380. The van der Waals surface area contributed by atoms with Crippen LogP contribution >= 0.6 is 0 Å². The van der Waals surface area contributed by atoms with Crippen molar-refractivity contribution in [3.05, 3.63) is 95.6 Å². The zero-order valence-corrected chi connectivity index (χ0v) is 18.5. The fraction of sp³-hybridized carbons (Fsp3) is 0.107. The van der Waals surface area contributed by atoms with Crippen LogP contribution < -0.4 is 11.1 Å². The third-order valence-electron chi connectivity index (χ3n) is 6.18. The normalized spacial score (nSPS) is 12.8. The molecule has 3 N–H and O–H groups in total. The van der Waals surface area contributed by atoms with Gasteiger partial charge in [0.05, 0.1) is 0 Å². The average Bonchev–Trinajstić information content (AvgIpc) is 2.87. The Morgan fingerprint density at radius 1 is 0.824 bits per heavy atom. The minimum absolute atomic E-state index is 0.239. The lowest BCUT2D eigenvalue weighted by Crippen LogP contribution is -2.41. The molecule has 2 amide bonds. The molecule has 4 aromatic rings. The van der Waals surface area contributed by atoms with Gasteiger partial charge in [-0.3, -0.25) is 19.3 Å².